The number of anilines is 1. The third-order valence-corrected chi connectivity index (χ3v) is 3.09. The lowest BCUT2D eigenvalue weighted by molar-refractivity contribution is -0.137. The van der Waals surface area contributed by atoms with Gasteiger partial charge in [-0.3, -0.25) is 4.79 Å². The van der Waals surface area contributed by atoms with Gasteiger partial charge in [-0.2, -0.15) is 13.2 Å². The molecule has 0 bridgehead atoms. The van der Waals surface area contributed by atoms with Gasteiger partial charge in [0.25, 0.3) is 0 Å². The number of aryl methyl sites for hydroxylation is 1. The molecule has 0 aromatic heterocycles. The fourth-order valence-corrected chi connectivity index (χ4v) is 2.00. The van der Waals surface area contributed by atoms with Gasteiger partial charge in [0.2, 0.25) is 5.91 Å². The number of nitrogens with one attached hydrogen (secondary N) is 1. The molecule has 22 heavy (non-hydrogen) atoms. The first kappa shape index (κ1) is 16.0. The summed E-state index contributed by atoms with van der Waals surface area (Å²) in [6, 6.07) is 10.7. The van der Waals surface area contributed by atoms with E-state index in [0.717, 1.165) is 6.07 Å². The van der Waals surface area contributed by atoms with Crippen molar-refractivity contribution < 1.29 is 22.4 Å². The Morgan fingerprint density at radius 3 is 2.32 bits per heavy atom. The Hall–Kier alpha value is -2.37. The molecule has 6 heteroatoms. The fourth-order valence-electron chi connectivity index (χ4n) is 2.00. The fraction of sp³-hybridized carbons (Fsp3) is 0.188. The van der Waals surface area contributed by atoms with Gasteiger partial charge in [0.05, 0.1) is 11.3 Å². The minimum atomic E-state index is -4.55. The van der Waals surface area contributed by atoms with E-state index in [2.05, 4.69) is 5.32 Å². The molecule has 2 aromatic rings. The van der Waals surface area contributed by atoms with Crippen molar-refractivity contribution in [3.8, 4) is 0 Å². The second-order valence-electron chi connectivity index (χ2n) is 4.68. The summed E-state index contributed by atoms with van der Waals surface area (Å²) in [4.78, 5) is 11.8. The highest BCUT2D eigenvalue weighted by Gasteiger charge is 2.33. The Balaban J connectivity index is 2.03. The van der Waals surface area contributed by atoms with Crippen LogP contribution in [0, 0.1) is 5.82 Å². The number of para-hydroxylation sites is 1. The lowest BCUT2D eigenvalue weighted by Gasteiger charge is -2.13. The second-order valence-corrected chi connectivity index (χ2v) is 4.68. The first-order valence-corrected chi connectivity index (χ1v) is 6.57. The van der Waals surface area contributed by atoms with E-state index in [1.807, 2.05) is 0 Å². The van der Waals surface area contributed by atoms with Crippen LogP contribution in [-0.2, 0) is 17.4 Å². The molecule has 0 spiro atoms. The van der Waals surface area contributed by atoms with Crippen LogP contribution in [0.1, 0.15) is 17.5 Å². The minimum Gasteiger partial charge on any atom is -0.325 e. The highest BCUT2D eigenvalue weighted by atomic mass is 19.4. The van der Waals surface area contributed by atoms with Crippen LogP contribution in [0.4, 0.5) is 23.2 Å². The lowest BCUT2D eigenvalue weighted by Crippen LogP contribution is -2.17. The number of carbonyl (C=O) groups excluding carboxylic acids is 1. The Morgan fingerprint density at radius 1 is 1.00 bits per heavy atom. The van der Waals surface area contributed by atoms with Crippen LogP contribution >= 0.6 is 0 Å². The first-order valence-electron chi connectivity index (χ1n) is 6.57. The van der Waals surface area contributed by atoms with Crippen LogP contribution < -0.4 is 5.32 Å². The maximum absolute atomic E-state index is 13.4. The molecule has 0 radical (unpaired) electrons. The summed E-state index contributed by atoms with van der Waals surface area (Å²) >= 11 is 0. The standard InChI is InChI=1S/C16H13F4NO/c17-13-7-3-1-5-11(13)9-10-15(22)21-14-8-4-2-6-12(14)16(18,19)20/h1-8H,9-10H2,(H,21,22). The van der Waals surface area contributed by atoms with Gasteiger partial charge in [-0.25, -0.2) is 4.39 Å². The molecule has 2 aromatic carbocycles. The van der Waals surface area contributed by atoms with Crippen LogP contribution in [-0.4, -0.2) is 5.91 Å². The molecule has 0 aliphatic carbocycles. The lowest BCUT2D eigenvalue weighted by atomic mass is 10.1. The van der Waals surface area contributed by atoms with Crippen LogP contribution in [0.3, 0.4) is 0 Å². The van der Waals surface area contributed by atoms with E-state index in [1.54, 1.807) is 6.07 Å². The number of benzene rings is 2. The summed E-state index contributed by atoms with van der Waals surface area (Å²) in [5, 5.41) is 2.23. The third kappa shape index (κ3) is 4.07. The van der Waals surface area contributed by atoms with Crippen molar-refractivity contribution in [2.24, 2.45) is 0 Å². The number of alkyl halides is 3. The van der Waals surface area contributed by atoms with Gasteiger partial charge >= 0.3 is 6.18 Å². The number of hydrogen-bond donors (Lipinski definition) is 1. The Morgan fingerprint density at radius 2 is 1.64 bits per heavy atom. The largest absolute Gasteiger partial charge is 0.418 e. The molecule has 0 fully saturated rings. The smallest absolute Gasteiger partial charge is 0.325 e. The molecule has 0 heterocycles. The third-order valence-electron chi connectivity index (χ3n) is 3.09. The SMILES string of the molecule is O=C(CCc1ccccc1F)Nc1ccccc1C(F)(F)F. The van der Waals surface area contributed by atoms with E-state index in [0.29, 0.717) is 5.56 Å². The van der Waals surface area contributed by atoms with E-state index in [1.165, 1.54) is 36.4 Å². The average molecular weight is 311 g/mol. The van der Waals surface area contributed by atoms with Gasteiger partial charge in [0, 0.05) is 6.42 Å². The summed E-state index contributed by atoms with van der Waals surface area (Å²) < 4.78 is 51.8. The zero-order valence-electron chi connectivity index (χ0n) is 11.5. The quantitative estimate of drug-likeness (QED) is 0.832. The molecule has 0 unspecified atom stereocenters. The van der Waals surface area contributed by atoms with Crippen LogP contribution in [0.5, 0.6) is 0 Å². The number of halogens is 4. The van der Waals surface area contributed by atoms with Crippen molar-refractivity contribution in [3.63, 3.8) is 0 Å². The molecule has 2 nitrogen and oxygen atoms in total. The van der Waals surface area contributed by atoms with E-state index < -0.39 is 23.5 Å². The van der Waals surface area contributed by atoms with Gasteiger partial charge in [0.15, 0.2) is 0 Å². The van der Waals surface area contributed by atoms with Gasteiger partial charge in [-0.05, 0) is 30.2 Å². The molecule has 116 valence electrons. The van der Waals surface area contributed by atoms with Gasteiger partial charge in [-0.15, -0.1) is 0 Å². The molecular weight excluding hydrogens is 298 g/mol. The van der Waals surface area contributed by atoms with Gasteiger partial charge in [0.1, 0.15) is 5.82 Å². The number of carbonyl (C=O) groups is 1. The van der Waals surface area contributed by atoms with E-state index in [4.69, 9.17) is 0 Å². The van der Waals surface area contributed by atoms with E-state index >= 15 is 0 Å². The predicted octanol–water partition coefficient (Wildman–Crippen LogP) is 4.42. The van der Waals surface area contributed by atoms with Crippen LogP contribution in [0.15, 0.2) is 48.5 Å². The average Bonchev–Trinajstić information content (AvgIpc) is 2.46. The summed E-state index contributed by atoms with van der Waals surface area (Å²) in [6.45, 7) is 0. The number of hydrogen-bond acceptors (Lipinski definition) is 1. The topological polar surface area (TPSA) is 29.1 Å². The monoisotopic (exact) mass is 311 g/mol. The normalized spacial score (nSPS) is 11.3. The molecule has 0 aliphatic rings. The summed E-state index contributed by atoms with van der Waals surface area (Å²) in [5.74, 6) is -1.04. The Kier molecular flexibility index (Phi) is 4.80. The minimum absolute atomic E-state index is 0.104. The first-order chi connectivity index (χ1) is 10.4. The zero-order chi connectivity index (χ0) is 16.2. The molecule has 1 N–H and O–H groups in total. The van der Waals surface area contributed by atoms with Crippen molar-refractivity contribution in [1.82, 2.24) is 0 Å². The van der Waals surface area contributed by atoms with Gasteiger partial charge < -0.3 is 5.32 Å². The predicted molar refractivity (Wildman–Crippen MR) is 74.8 cm³/mol. The highest BCUT2D eigenvalue weighted by molar-refractivity contribution is 5.91. The summed E-state index contributed by atoms with van der Waals surface area (Å²) in [7, 11) is 0. The molecular formula is C16H13F4NO. The Labute approximate surface area is 124 Å². The molecule has 0 saturated carbocycles. The molecule has 1 amide bonds. The van der Waals surface area contributed by atoms with Crippen LogP contribution in [0.25, 0.3) is 0 Å². The highest BCUT2D eigenvalue weighted by Crippen LogP contribution is 2.34. The van der Waals surface area contributed by atoms with Crippen molar-refractivity contribution >= 4 is 11.6 Å². The molecule has 0 atom stereocenters. The van der Waals surface area contributed by atoms with Crippen LogP contribution in [0.2, 0.25) is 0 Å². The zero-order valence-corrected chi connectivity index (χ0v) is 11.5. The van der Waals surface area contributed by atoms with Crippen molar-refractivity contribution in [2.75, 3.05) is 5.32 Å². The number of amides is 1. The molecule has 0 aliphatic heterocycles. The van der Waals surface area contributed by atoms with Gasteiger partial charge in [-0.1, -0.05) is 30.3 Å². The molecule has 0 saturated heterocycles. The molecule has 2 rings (SSSR count). The maximum Gasteiger partial charge on any atom is 0.418 e. The van der Waals surface area contributed by atoms with E-state index in [9.17, 15) is 22.4 Å². The van der Waals surface area contributed by atoms with E-state index in [-0.39, 0.29) is 18.5 Å². The second kappa shape index (κ2) is 6.60. The maximum atomic E-state index is 13.4. The summed E-state index contributed by atoms with van der Waals surface area (Å²) in [5.41, 5.74) is -0.857. The van der Waals surface area contributed by atoms with Crippen molar-refractivity contribution in [2.45, 2.75) is 19.0 Å². The Bertz CT molecular complexity index is 667. The van der Waals surface area contributed by atoms with Crippen molar-refractivity contribution in [3.05, 3.63) is 65.5 Å². The number of rotatable bonds is 4. The van der Waals surface area contributed by atoms with Crippen molar-refractivity contribution in [1.29, 1.82) is 0 Å². The summed E-state index contributed by atoms with van der Waals surface area (Å²) in [6.07, 6.45) is -4.53.